The second kappa shape index (κ2) is 6.15. The number of hydrogen-bond acceptors (Lipinski definition) is 5. The minimum Gasteiger partial charge on any atom is -0.490 e. The van der Waals surface area contributed by atoms with Crippen molar-refractivity contribution in [3.63, 3.8) is 0 Å². The van der Waals surface area contributed by atoms with Crippen LogP contribution >= 0.6 is 0 Å². The number of hydrogen-bond donors (Lipinski definition) is 2. The van der Waals surface area contributed by atoms with Gasteiger partial charge in [-0.05, 0) is 6.42 Å². The molecule has 0 fully saturated rings. The highest BCUT2D eigenvalue weighted by molar-refractivity contribution is 5.59. The number of anilines is 1. The van der Waals surface area contributed by atoms with Gasteiger partial charge in [-0.2, -0.15) is 0 Å². The number of nitrogens with zero attached hydrogens (tertiary/aromatic N) is 1. The lowest BCUT2D eigenvalue weighted by Gasteiger charge is -2.17. The SMILES string of the molecule is CCC(CN)Nc1cc(OC)c([N+](=O)[O-])cc1F. The molecule has 100 valence electrons. The van der Waals surface area contributed by atoms with Crippen LogP contribution in [0.1, 0.15) is 13.3 Å². The van der Waals surface area contributed by atoms with E-state index in [1.54, 1.807) is 0 Å². The number of methoxy groups -OCH3 is 1. The van der Waals surface area contributed by atoms with E-state index in [1.165, 1.54) is 13.2 Å². The monoisotopic (exact) mass is 257 g/mol. The summed E-state index contributed by atoms with van der Waals surface area (Å²) in [5.41, 5.74) is 5.25. The van der Waals surface area contributed by atoms with Gasteiger partial charge in [-0.1, -0.05) is 6.92 Å². The van der Waals surface area contributed by atoms with Crippen LogP contribution < -0.4 is 15.8 Å². The lowest BCUT2D eigenvalue weighted by Crippen LogP contribution is -2.28. The number of ether oxygens (including phenoxy) is 1. The second-order valence-corrected chi connectivity index (χ2v) is 3.75. The van der Waals surface area contributed by atoms with Gasteiger partial charge in [0.2, 0.25) is 0 Å². The maximum absolute atomic E-state index is 13.7. The highest BCUT2D eigenvalue weighted by atomic mass is 19.1. The quantitative estimate of drug-likeness (QED) is 0.600. The Morgan fingerprint density at radius 3 is 2.72 bits per heavy atom. The largest absolute Gasteiger partial charge is 0.490 e. The molecule has 1 atom stereocenters. The summed E-state index contributed by atoms with van der Waals surface area (Å²) in [5.74, 6) is -0.690. The topological polar surface area (TPSA) is 90.4 Å². The number of nitrogens with one attached hydrogen (secondary N) is 1. The molecule has 0 saturated heterocycles. The average Bonchev–Trinajstić information content (AvgIpc) is 2.36. The average molecular weight is 257 g/mol. The van der Waals surface area contributed by atoms with E-state index in [0.717, 1.165) is 12.5 Å². The Kier molecular flexibility index (Phi) is 4.85. The van der Waals surface area contributed by atoms with Gasteiger partial charge < -0.3 is 15.8 Å². The highest BCUT2D eigenvalue weighted by Crippen LogP contribution is 2.32. The van der Waals surface area contributed by atoms with Crippen molar-refractivity contribution in [3.05, 3.63) is 28.1 Å². The molecule has 0 heterocycles. The lowest BCUT2D eigenvalue weighted by molar-refractivity contribution is -0.385. The van der Waals surface area contributed by atoms with Gasteiger partial charge in [0.1, 0.15) is 0 Å². The molecule has 6 nitrogen and oxygen atoms in total. The summed E-state index contributed by atoms with van der Waals surface area (Å²) in [4.78, 5) is 10.0. The van der Waals surface area contributed by atoms with E-state index in [4.69, 9.17) is 10.5 Å². The van der Waals surface area contributed by atoms with Crippen molar-refractivity contribution in [2.24, 2.45) is 5.73 Å². The van der Waals surface area contributed by atoms with E-state index in [2.05, 4.69) is 5.32 Å². The van der Waals surface area contributed by atoms with Gasteiger partial charge in [0.15, 0.2) is 11.6 Å². The molecular formula is C11H16FN3O3. The van der Waals surface area contributed by atoms with Crippen LogP contribution in [0.5, 0.6) is 5.75 Å². The smallest absolute Gasteiger partial charge is 0.313 e. The summed E-state index contributed by atoms with van der Waals surface area (Å²) in [6.07, 6.45) is 0.718. The van der Waals surface area contributed by atoms with E-state index in [1.807, 2.05) is 6.92 Å². The second-order valence-electron chi connectivity index (χ2n) is 3.75. The van der Waals surface area contributed by atoms with Gasteiger partial charge in [-0.3, -0.25) is 10.1 Å². The fourth-order valence-electron chi connectivity index (χ4n) is 1.51. The first-order valence-electron chi connectivity index (χ1n) is 5.52. The molecule has 0 bridgehead atoms. The molecule has 0 spiro atoms. The fourth-order valence-corrected chi connectivity index (χ4v) is 1.51. The standard InChI is InChI=1S/C11H16FN3O3/c1-3-7(6-13)14-9-5-11(18-2)10(15(16)17)4-8(9)12/h4-5,7,14H,3,6,13H2,1-2H3. The molecule has 1 aromatic rings. The third-order valence-electron chi connectivity index (χ3n) is 2.60. The molecule has 1 unspecified atom stereocenters. The minimum absolute atomic E-state index is 0.00998. The van der Waals surface area contributed by atoms with E-state index in [9.17, 15) is 14.5 Å². The van der Waals surface area contributed by atoms with Crippen molar-refractivity contribution in [1.29, 1.82) is 0 Å². The Balaban J connectivity index is 3.11. The Bertz CT molecular complexity index is 436. The first-order valence-corrected chi connectivity index (χ1v) is 5.52. The third-order valence-corrected chi connectivity index (χ3v) is 2.60. The molecule has 0 aliphatic rings. The number of halogens is 1. The van der Waals surface area contributed by atoms with Gasteiger partial charge in [0.25, 0.3) is 0 Å². The number of rotatable bonds is 6. The molecule has 0 aliphatic heterocycles. The first-order chi connectivity index (χ1) is 8.53. The number of nitro groups is 1. The van der Waals surface area contributed by atoms with Gasteiger partial charge in [0, 0.05) is 18.7 Å². The van der Waals surface area contributed by atoms with E-state index in [-0.39, 0.29) is 17.5 Å². The Morgan fingerprint density at radius 2 is 2.28 bits per heavy atom. The van der Waals surface area contributed by atoms with Gasteiger partial charge in [-0.25, -0.2) is 4.39 Å². The zero-order valence-electron chi connectivity index (χ0n) is 10.3. The zero-order valence-corrected chi connectivity index (χ0v) is 10.3. The fraction of sp³-hybridized carbons (Fsp3) is 0.455. The number of nitro benzene ring substituents is 1. The molecule has 0 saturated carbocycles. The van der Waals surface area contributed by atoms with Crippen molar-refractivity contribution in [2.75, 3.05) is 19.0 Å². The first kappa shape index (κ1) is 14.2. The van der Waals surface area contributed by atoms with Gasteiger partial charge in [-0.15, -0.1) is 0 Å². The van der Waals surface area contributed by atoms with Crippen molar-refractivity contribution in [3.8, 4) is 5.75 Å². The molecule has 18 heavy (non-hydrogen) atoms. The van der Waals surface area contributed by atoms with Crippen molar-refractivity contribution >= 4 is 11.4 Å². The summed E-state index contributed by atoms with van der Waals surface area (Å²) in [6.45, 7) is 2.25. The maximum atomic E-state index is 13.7. The third kappa shape index (κ3) is 3.07. The molecule has 0 aromatic heterocycles. The molecule has 0 amide bonds. The predicted molar refractivity (Wildman–Crippen MR) is 66.4 cm³/mol. The predicted octanol–water partition coefficient (Wildman–Crippen LogP) is 1.89. The molecule has 3 N–H and O–H groups in total. The van der Waals surface area contributed by atoms with Gasteiger partial charge >= 0.3 is 5.69 Å². The number of benzene rings is 1. The Hall–Kier alpha value is -1.89. The summed E-state index contributed by atoms with van der Waals surface area (Å²) < 4.78 is 18.6. The molecule has 7 heteroatoms. The number of nitrogens with two attached hydrogens (primary N) is 1. The van der Waals surface area contributed by atoms with E-state index < -0.39 is 16.4 Å². The summed E-state index contributed by atoms with van der Waals surface area (Å²) in [7, 11) is 1.30. The molecule has 0 aliphatic carbocycles. The van der Waals surface area contributed by atoms with Crippen molar-refractivity contribution in [1.82, 2.24) is 0 Å². The summed E-state index contributed by atoms with van der Waals surface area (Å²) >= 11 is 0. The van der Waals surface area contributed by atoms with Crippen LogP contribution in [0, 0.1) is 15.9 Å². The van der Waals surface area contributed by atoms with Crippen LogP contribution in [0.4, 0.5) is 15.8 Å². The minimum atomic E-state index is -0.700. The van der Waals surface area contributed by atoms with Crippen LogP contribution in [0.15, 0.2) is 12.1 Å². The Labute approximate surface area is 104 Å². The van der Waals surface area contributed by atoms with Crippen molar-refractivity contribution in [2.45, 2.75) is 19.4 Å². The Morgan fingerprint density at radius 1 is 1.61 bits per heavy atom. The van der Waals surface area contributed by atoms with Crippen LogP contribution in [0.3, 0.4) is 0 Å². The maximum Gasteiger partial charge on any atom is 0.313 e. The molecule has 0 radical (unpaired) electrons. The summed E-state index contributed by atoms with van der Waals surface area (Å²) in [5, 5.41) is 13.6. The zero-order chi connectivity index (χ0) is 13.7. The van der Waals surface area contributed by atoms with Crippen molar-refractivity contribution < 1.29 is 14.1 Å². The van der Waals surface area contributed by atoms with E-state index >= 15 is 0 Å². The van der Waals surface area contributed by atoms with E-state index in [0.29, 0.717) is 6.54 Å². The normalized spacial score (nSPS) is 12.0. The van der Waals surface area contributed by atoms with Crippen LogP contribution in [0.2, 0.25) is 0 Å². The van der Waals surface area contributed by atoms with Crippen LogP contribution in [-0.4, -0.2) is 24.6 Å². The molecule has 1 rings (SSSR count). The molecular weight excluding hydrogens is 241 g/mol. The lowest BCUT2D eigenvalue weighted by atomic mass is 10.2. The highest BCUT2D eigenvalue weighted by Gasteiger charge is 2.20. The van der Waals surface area contributed by atoms with Crippen LogP contribution in [-0.2, 0) is 0 Å². The van der Waals surface area contributed by atoms with Crippen LogP contribution in [0.25, 0.3) is 0 Å². The van der Waals surface area contributed by atoms with Gasteiger partial charge in [0.05, 0.1) is 23.8 Å². The molecule has 1 aromatic carbocycles. The summed E-state index contributed by atoms with van der Waals surface area (Å²) in [6, 6.07) is 2.02.